The van der Waals surface area contributed by atoms with Gasteiger partial charge in [-0.1, -0.05) is 34.1 Å². The predicted octanol–water partition coefficient (Wildman–Crippen LogP) is 3.41. The van der Waals surface area contributed by atoms with E-state index in [-0.39, 0.29) is 17.9 Å². The van der Waals surface area contributed by atoms with Gasteiger partial charge in [0.15, 0.2) is 11.6 Å². The molecule has 0 unspecified atom stereocenters. The van der Waals surface area contributed by atoms with Crippen LogP contribution in [0.4, 0.5) is 4.39 Å². The van der Waals surface area contributed by atoms with E-state index in [0.29, 0.717) is 0 Å². The van der Waals surface area contributed by atoms with E-state index in [0.717, 1.165) is 10.0 Å². The van der Waals surface area contributed by atoms with Gasteiger partial charge in [-0.15, -0.1) is 0 Å². The monoisotopic (exact) mass is 293 g/mol. The number of rotatable bonds is 3. The minimum absolute atomic E-state index is 0.108. The van der Waals surface area contributed by atoms with Gasteiger partial charge in [0.2, 0.25) is 0 Å². The zero-order chi connectivity index (χ0) is 12.3. The number of ketones is 1. The third-order valence-corrected chi connectivity index (χ3v) is 3.11. The molecule has 0 aliphatic heterocycles. The third kappa shape index (κ3) is 2.77. The van der Waals surface area contributed by atoms with Crippen molar-refractivity contribution >= 4 is 21.7 Å². The summed E-state index contributed by atoms with van der Waals surface area (Å²) in [5.74, 6) is -0.903. The van der Waals surface area contributed by atoms with E-state index in [4.69, 9.17) is 0 Å². The smallest absolute Gasteiger partial charge is 0.188 e. The second kappa shape index (κ2) is 5.19. The topological polar surface area (TPSA) is 30.0 Å². The van der Waals surface area contributed by atoms with Crippen molar-refractivity contribution in [1.29, 1.82) is 0 Å². The summed E-state index contributed by atoms with van der Waals surface area (Å²) in [4.78, 5) is 15.6. The molecule has 17 heavy (non-hydrogen) atoms. The lowest BCUT2D eigenvalue weighted by molar-refractivity contribution is 0.0984. The van der Waals surface area contributed by atoms with Crippen molar-refractivity contribution in [2.24, 2.45) is 0 Å². The van der Waals surface area contributed by atoms with Crippen LogP contribution in [-0.4, -0.2) is 10.8 Å². The van der Waals surface area contributed by atoms with Crippen LogP contribution in [0.25, 0.3) is 0 Å². The highest BCUT2D eigenvalue weighted by atomic mass is 79.9. The van der Waals surface area contributed by atoms with Gasteiger partial charge >= 0.3 is 0 Å². The van der Waals surface area contributed by atoms with Crippen LogP contribution in [0.2, 0.25) is 0 Å². The first-order valence-electron chi connectivity index (χ1n) is 5.05. The summed E-state index contributed by atoms with van der Waals surface area (Å²) in [6.07, 6.45) is 1.55. The van der Waals surface area contributed by atoms with E-state index in [1.807, 2.05) is 24.3 Å². The van der Waals surface area contributed by atoms with Gasteiger partial charge < -0.3 is 0 Å². The normalized spacial score (nSPS) is 10.2. The Bertz CT molecular complexity index is 557. The van der Waals surface area contributed by atoms with Crippen molar-refractivity contribution in [3.63, 3.8) is 0 Å². The lowest BCUT2D eigenvalue weighted by Gasteiger charge is -2.03. The van der Waals surface area contributed by atoms with Crippen LogP contribution >= 0.6 is 15.9 Å². The van der Waals surface area contributed by atoms with Crippen molar-refractivity contribution in [3.05, 3.63) is 64.1 Å². The van der Waals surface area contributed by atoms with E-state index in [2.05, 4.69) is 20.9 Å². The Kier molecular flexibility index (Phi) is 3.64. The van der Waals surface area contributed by atoms with Crippen LogP contribution in [0.1, 0.15) is 16.1 Å². The number of carbonyl (C=O) groups excluding carboxylic acids is 1. The second-order valence-electron chi connectivity index (χ2n) is 3.53. The Morgan fingerprint density at radius 1 is 1.24 bits per heavy atom. The van der Waals surface area contributed by atoms with Crippen LogP contribution in [0, 0.1) is 5.82 Å². The zero-order valence-corrected chi connectivity index (χ0v) is 10.4. The summed E-state index contributed by atoms with van der Waals surface area (Å²) in [7, 11) is 0. The number of carbonyl (C=O) groups is 1. The highest BCUT2D eigenvalue weighted by Gasteiger charge is 2.14. The molecule has 0 saturated heterocycles. The number of nitrogens with zero attached hydrogens (tertiary/aromatic N) is 1. The fourth-order valence-corrected chi connectivity index (χ4v) is 1.91. The van der Waals surface area contributed by atoms with Crippen molar-refractivity contribution < 1.29 is 9.18 Å². The van der Waals surface area contributed by atoms with Gasteiger partial charge in [0.1, 0.15) is 5.69 Å². The predicted molar refractivity (Wildman–Crippen MR) is 66.4 cm³/mol. The van der Waals surface area contributed by atoms with Gasteiger partial charge in [-0.3, -0.25) is 9.78 Å². The maximum Gasteiger partial charge on any atom is 0.188 e. The molecular formula is C13H9BrFNO. The molecule has 4 heteroatoms. The first-order chi connectivity index (χ1) is 8.18. The molecule has 0 bridgehead atoms. The number of aromatic nitrogens is 1. The molecule has 0 saturated carbocycles. The van der Waals surface area contributed by atoms with Gasteiger partial charge in [0.05, 0.1) is 0 Å². The first-order valence-corrected chi connectivity index (χ1v) is 5.85. The molecule has 1 aromatic heterocycles. The lowest BCUT2D eigenvalue weighted by Crippen LogP contribution is -2.08. The summed E-state index contributed by atoms with van der Waals surface area (Å²) >= 11 is 3.35. The molecule has 86 valence electrons. The molecule has 0 atom stereocenters. The van der Waals surface area contributed by atoms with Gasteiger partial charge in [-0.05, 0) is 23.8 Å². The second-order valence-corrected chi connectivity index (χ2v) is 4.38. The Hall–Kier alpha value is -1.55. The maximum atomic E-state index is 13.3. The SMILES string of the molecule is O=C(Cc1ccccc1Br)c1ncccc1F. The molecule has 2 rings (SSSR count). The van der Waals surface area contributed by atoms with Crippen LogP contribution in [-0.2, 0) is 6.42 Å². The molecule has 1 aromatic carbocycles. The van der Waals surface area contributed by atoms with Gasteiger partial charge in [-0.2, -0.15) is 0 Å². The minimum atomic E-state index is -0.579. The summed E-state index contributed by atoms with van der Waals surface area (Å²) < 4.78 is 14.2. The maximum absolute atomic E-state index is 13.3. The molecule has 0 amide bonds. The average Bonchev–Trinajstić information content (AvgIpc) is 2.32. The van der Waals surface area contributed by atoms with Crippen LogP contribution in [0.15, 0.2) is 47.1 Å². The largest absolute Gasteiger partial charge is 0.292 e. The molecule has 1 heterocycles. The standard InChI is InChI=1S/C13H9BrFNO/c14-10-5-2-1-4-9(10)8-12(17)13-11(15)6-3-7-16-13/h1-7H,8H2. The molecular weight excluding hydrogens is 285 g/mol. The fourth-order valence-electron chi connectivity index (χ4n) is 1.49. The van der Waals surface area contributed by atoms with Crippen molar-refractivity contribution in [3.8, 4) is 0 Å². The Morgan fingerprint density at radius 2 is 2.00 bits per heavy atom. The van der Waals surface area contributed by atoms with Crippen molar-refractivity contribution in [2.45, 2.75) is 6.42 Å². The molecule has 0 spiro atoms. The first kappa shape index (κ1) is 11.9. The fraction of sp³-hybridized carbons (Fsp3) is 0.0769. The molecule has 0 fully saturated rings. The van der Waals surface area contributed by atoms with Gasteiger partial charge in [0.25, 0.3) is 0 Å². The van der Waals surface area contributed by atoms with Gasteiger partial charge in [-0.25, -0.2) is 4.39 Å². The number of benzene rings is 1. The molecule has 2 aromatic rings. The Balaban J connectivity index is 2.24. The molecule has 2 nitrogen and oxygen atoms in total. The quantitative estimate of drug-likeness (QED) is 0.812. The number of pyridine rings is 1. The van der Waals surface area contributed by atoms with Crippen molar-refractivity contribution in [2.75, 3.05) is 0 Å². The van der Waals surface area contributed by atoms with Crippen LogP contribution in [0.3, 0.4) is 0 Å². The number of Topliss-reactive ketones (excluding diaryl/α,β-unsaturated/α-hetero) is 1. The molecule has 0 aliphatic carbocycles. The summed E-state index contributed by atoms with van der Waals surface area (Å²) in [5.41, 5.74) is 0.714. The molecule has 0 radical (unpaired) electrons. The van der Waals surface area contributed by atoms with E-state index in [1.54, 1.807) is 0 Å². The Labute approximate surface area is 107 Å². The van der Waals surface area contributed by atoms with E-state index in [1.165, 1.54) is 18.3 Å². The van der Waals surface area contributed by atoms with Crippen molar-refractivity contribution in [1.82, 2.24) is 4.98 Å². The number of halogens is 2. The van der Waals surface area contributed by atoms with Crippen LogP contribution in [0.5, 0.6) is 0 Å². The van der Waals surface area contributed by atoms with Gasteiger partial charge in [0, 0.05) is 17.1 Å². The molecule has 0 N–H and O–H groups in total. The van der Waals surface area contributed by atoms with E-state index in [9.17, 15) is 9.18 Å². The molecule has 0 aliphatic rings. The Morgan fingerprint density at radius 3 is 2.71 bits per heavy atom. The third-order valence-electron chi connectivity index (χ3n) is 2.33. The highest BCUT2D eigenvalue weighted by Crippen LogP contribution is 2.18. The van der Waals surface area contributed by atoms with E-state index >= 15 is 0 Å². The summed E-state index contributed by atoms with van der Waals surface area (Å²) in [6.45, 7) is 0. The summed E-state index contributed by atoms with van der Waals surface area (Å²) in [5, 5.41) is 0. The lowest BCUT2D eigenvalue weighted by atomic mass is 10.1. The summed E-state index contributed by atoms with van der Waals surface area (Å²) in [6, 6.07) is 10.1. The highest BCUT2D eigenvalue weighted by molar-refractivity contribution is 9.10. The minimum Gasteiger partial charge on any atom is -0.292 e. The van der Waals surface area contributed by atoms with Crippen LogP contribution < -0.4 is 0 Å². The number of hydrogen-bond acceptors (Lipinski definition) is 2. The van der Waals surface area contributed by atoms with E-state index < -0.39 is 5.82 Å². The average molecular weight is 294 g/mol. The number of hydrogen-bond donors (Lipinski definition) is 0. The zero-order valence-electron chi connectivity index (χ0n) is 8.86.